The van der Waals surface area contributed by atoms with E-state index in [0.29, 0.717) is 5.89 Å². The standard InChI is InChI=1S/C14H21N3O/c1-10-16-12-7-11(5-6-13(12)18-10)8-17(4)9-14(2,3)15/h5-7H,8-9,15H2,1-4H3. The molecule has 0 fully saturated rings. The Labute approximate surface area is 108 Å². The second-order valence-electron chi connectivity index (χ2n) is 5.70. The van der Waals surface area contributed by atoms with Crippen LogP contribution < -0.4 is 5.73 Å². The van der Waals surface area contributed by atoms with Gasteiger partial charge in [0.1, 0.15) is 5.52 Å². The van der Waals surface area contributed by atoms with Crippen LogP contribution >= 0.6 is 0 Å². The third kappa shape index (κ3) is 3.31. The van der Waals surface area contributed by atoms with E-state index in [2.05, 4.69) is 29.1 Å². The van der Waals surface area contributed by atoms with Gasteiger partial charge in [0.25, 0.3) is 0 Å². The van der Waals surface area contributed by atoms with Crippen molar-refractivity contribution in [3.63, 3.8) is 0 Å². The van der Waals surface area contributed by atoms with Crippen molar-refractivity contribution < 1.29 is 4.42 Å². The van der Waals surface area contributed by atoms with Gasteiger partial charge in [0.2, 0.25) is 0 Å². The third-order valence-electron chi connectivity index (χ3n) is 2.69. The first kappa shape index (κ1) is 13.1. The molecule has 0 saturated heterocycles. The van der Waals surface area contributed by atoms with Gasteiger partial charge in [0.05, 0.1) is 0 Å². The van der Waals surface area contributed by atoms with Gasteiger partial charge in [0, 0.05) is 25.6 Å². The SMILES string of the molecule is Cc1nc2cc(CN(C)CC(C)(C)N)ccc2o1. The van der Waals surface area contributed by atoms with Crippen LogP contribution in [0.25, 0.3) is 11.1 Å². The van der Waals surface area contributed by atoms with Crippen molar-refractivity contribution in [2.45, 2.75) is 32.9 Å². The van der Waals surface area contributed by atoms with E-state index < -0.39 is 0 Å². The molecule has 0 aliphatic heterocycles. The number of benzene rings is 1. The lowest BCUT2D eigenvalue weighted by Crippen LogP contribution is -2.43. The maximum absolute atomic E-state index is 6.01. The number of oxazole rings is 1. The molecule has 1 heterocycles. The molecule has 0 atom stereocenters. The zero-order valence-electron chi connectivity index (χ0n) is 11.5. The normalized spacial score (nSPS) is 12.6. The smallest absolute Gasteiger partial charge is 0.192 e. The van der Waals surface area contributed by atoms with Gasteiger partial charge in [0.15, 0.2) is 11.5 Å². The average Bonchev–Trinajstić information content (AvgIpc) is 2.53. The highest BCUT2D eigenvalue weighted by molar-refractivity contribution is 5.73. The first-order valence-corrected chi connectivity index (χ1v) is 6.17. The van der Waals surface area contributed by atoms with Crippen LogP contribution in [0.15, 0.2) is 22.6 Å². The topological polar surface area (TPSA) is 55.3 Å². The minimum absolute atomic E-state index is 0.177. The molecule has 0 aliphatic rings. The number of likely N-dealkylation sites (N-methyl/N-ethyl adjacent to an activating group) is 1. The molecule has 2 aromatic rings. The number of hydrogen-bond acceptors (Lipinski definition) is 4. The minimum Gasteiger partial charge on any atom is -0.441 e. The summed E-state index contributed by atoms with van der Waals surface area (Å²) < 4.78 is 5.46. The Morgan fingerprint density at radius 2 is 2.11 bits per heavy atom. The van der Waals surface area contributed by atoms with E-state index in [1.54, 1.807) is 0 Å². The predicted octanol–water partition coefficient (Wildman–Crippen LogP) is 2.31. The molecule has 2 N–H and O–H groups in total. The molecule has 0 radical (unpaired) electrons. The number of fused-ring (bicyclic) bond motifs is 1. The number of hydrogen-bond donors (Lipinski definition) is 1. The summed E-state index contributed by atoms with van der Waals surface area (Å²) >= 11 is 0. The quantitative estimate of drug-likeness (QED) is 0.900. The number of aryl methyl sites for hydroxylation is 1. The van der Waals surface area contributed by atoms with Crippen LogP contribution in [-0.4, -0.2) is 29.0 Å². The van der Waals surface area contributed by atoms with E-state index in [1.165, 1.54) is 5.56 Å². The Balaban J connectivity index is 2.11. The van der Waals surface area contributed by atoms with Gasteiger partial charge in [-0.1, -0.05) is 6.07 Å². The molecule has 0 spiro atoms. The van der Waals surface area contributed by atoms with Crippen LogP contribution in [0.4, 0.5) is 0 Å². The van der Waals surface area contributed by atoms with Crippen LogP contribution in [-0.2, 0) is 6.54 Å². The van der Waals surface area contributed by atoms with E-state index in [-0.39, 0.29) is 5.54 Å². The molecule has 4 nitrogen and oxygen atoms in total. The third-order valence-corrected chi connectivity index (χ3v) is 2.69. The average molecular weight is 247 g/mol. The highest BCUT2D eigenvalue weighted by atomic mass is 16.3. The van der Waals surface area contributed by atoms with Gasteiger partial charge in [-0.15, -0.1) is 0 Å². The molecule has 0 unspecified atom stereocenters. The van der Waals surface area contributed by atoms with Crippen LogP contribution in [0.3, 0.4) is 0 Å². The first-order chi connectivity index (χ1) is 8.33. The molecule has 0 saturated carbocycles. The molecule has 98 valence electrons. The molecule has 0 amide bonds. The van der Waals surface area contributed by atoms with E-state index in [9.17, 15) is 0 Å². The number of aromatic nitrogens is 1. The van der Waals surface area contributed by atoms with E-state index in [1.807, 2.05) is 26.8 Å². The van der Waals surface area contributed by atoms with Crippen molar-refractivity contribution in [3.05, 3.63) is 29.7 Å². The Hall–Kier alpha value is -1.39. The lowest BCUT2D eigenvalue weighted by Gasteiger charge is -2.26. The molecule has 2 rings (SSSR count). The van der Waals surface area contributed by atoms with Gasteiger partial charge in [-0.05, 0) is 38.6 Å². The largest absolute Gasteiger partial charge is 0.441 e. The van der Waals surface area contributed by atoms with Crippen molar-refractivity contribution in [3.8, 4) is 0 Å². The van der Waals surface area contributed by atoms with Gasteiger partial charge in [-0.3, -0.25) is 0 Å². The molecular formula is C14H21N3O. The fourth-order valence-corrected chi connectivity index (χ4v) is 2.25. The summed E-state index contributed by atoms with van der Waals surface area (Å²) in [4.78, 5) is 6.56. The van der Waals surface area contributed by atoms with Crippen molar-refractivity contribution in [1.29, 1.82) is 0 Å². The Morgan fingerprint density at radius 3 is 2.78 bits per heavy atom. The summed E-state index contributed by atoms with van der Waals surface area (Å²) in [5.74, 6) is 0.707. The highest BCUT2D eigenvalue weighted by Crippen LogP contribution is 2.17. The molecule has 1 aromatic heterocycles. The number of nitrogens with two attached hydrogens (primary N) is 1. The fourth-order valence-electron chi connectivity index (χ4n) is 2.25. The summed E-state index contributed by atoms with van der Waals surface area (Å²) in [5.41, 5.74) is 8.83. The lowest BCUT2D eigenvalue weighted by atomic mass is 10.1. The molecular weight excluding hydrogens is 226 g/mol. The minimum atomic E-state index is -0.177. The summed E-state index contributed by atoms with van der Waals surface area (Å²) in [6, 6.07) is 6.13. The molecule has 18 heavy (non-hydrogen) atoms. The van der Waals surface area contributed by atoms with Gasteiger partial charge >= 0.3 is 0 Å². The molecule has 1 aromatic carbocycles. The zero-order valence-corrected chi connectivity index (χ0v) is 11.5. The highest BCUT2D eigenvalue weighted by Gasteiger charge is 2.14. The monoisotopic (exact) mass is 247 g/mol. The van der Waals surface area contributed by atoms with Gasteiger partial charge in [-0.2, -0.15) is 0 Å². The number of rotatable bonds is 4. The van der Waals surface area contributed by atoms with Crippen molar-refractivity contribution in [2.24, 2.45) is 5.73 Å². The Kier molecular flexibility index (Phi) is 3.41. The second-order valence-corrected chi connectivity index (χ2v) is 5.70. The maximum atomic E-state index is 6.01. The Bertz CT molecular complexity index is 539. The summed E-state index contributed by atoms with van der Waals surface area (Å²) in [6.45, 7) is 7.65. The zero-order chi connectivity index (χ0) is 13.3. The van der Waals surface area contributed by atoms with E-state index in [0.717, 1.165) is 24.2 Å². The van der Waals surface area contributed by atoms with E-state index in [4.69, 9.17) is 10.2 Å². The first-order valence-electron chi connectivity index (χ1n) is 6.17. The number of nitrogens with zero attached hydrogens (tertiary/aromatic N) is 2. The maximum Gasteiger partial charge on any atom is 0.192 e. The van der Waals surface area contributed by atoms with Crippen molar-refractivity contribution >= 4 is 11.1 Å². The molecule has 0 bridgehead atoms. The van der Waals surface area contributed by atoms with Gasteiger partial charge < -0.3 is 15.1 Å². The lowest BCUT2D eigenvalue weighted by molar-refractivity contribution is 0.263. The van der Waals surface area contributed by atoms with Crippen LogP contribution in [0.1, 0.15) is 25.3 Å². The van der Waals surface area contributed by atoms with Crippen molar-refractivity contribution in [1.82, 2.24) is 9.88 Å². The van der Waals surface area contributed by atoms with Crippen LogP contribution in [0, 0.1) is 6.92 Å². The fraction of sp³-hybridized carbons (Fsp3) is 0.500. The van der Waals surface area contributed by atoms with Gasteiger partial charge in [-0.25, -0.2) is 4.98 Å². The van der Waals surface area contributed by atoms with Crippen LogP contribution in [0.5, 0.6) is 0 Å². The predicted molar refractivity (Wildman–Crippen MR) is 73.3 cm³/mol. The second kappa shape index (κ2) is 4.71. The molecule has 0 aliphatic carbocycles. The summed E-state index contributed by atoms with van der Waals surface area (Å²) in [5, 5.41) is 0. The van der Waals surface area contributed by atoms with Crippen LogP contribution in [0.2, 0.25) is 0 Å². The van der Waals surface area contributed by atoms with Crippen molar-refractivity contribution in [2.75, 3.05) is 13.6 Å². The summed E-state index contributed by atoms with van der Waals surface area (Å²) in [7, 11) is 2.08. The summed E-state index contributed by atoms with van der Waals surface area (Å²) in [6.07, 6.45) is 0. The Morgan fingerprint density at radius 1 is 1.39 bits per heavy atom. The molecule has 4 heteroatoms. The van der Waals surface area contributed by atoms with E-state index >= 15 is 0 Å².